The van der Waals surface area contributed by atoms with Crippen molar-refractivity contribution in [3.63, 3.8) is 0 Å². The van der Waals surface area contributed by atoms with Crippen LogP contribution in [0.3, 0.4) is 0 Å². The number of halogens is 2. The zero-order valence-electron chi connectivity index (χ0n) is 10.0. The summed E-state index contributed by atoms with van der Waals surface area (Å²) in [4.78, 5) is 13.4. The van der Waals surface area contributed by atoms with Crippen molar-refractivity contribution in [1.29, 1.82) is 0 Å². The van der Waals surface area contributed by atoms with E-state index in [0.717, 1.165) is 0 Å². The molecule has 0 unspecified atom stereocenters. The molecule has 19 heavy (non-hydrogen) atoms. The summed E-state index contributed by atoms with van der Waals surface area (Å²) in [6.07, 6.45) is 0.263. The first-order chi connectivity index (χ1) is 8.99. The van der Waals surface area contributed by atoms with Crippen molar-refractivity contribution in [3.8, 4) is 5.75 Å². The van der Waals surface area contributed by atoms with Gasteiger partial charge in [0, 0.05) is 30.5 Å². The van der Waals surface area contributed by atoms with Gasteiger partial charge in [-0.3, -0.25) is 4.79 Å². The molecule has 0 aliphatic carbocycles. The van der Waals surface area contributed by atoms with Crippen molar-refractivity contribution in [1.82, 2.24) is 4.90 Å². The van der Waals surface area contributed by atoms with Gasteiger partial charge in [-0.1, -0.05) is 23.2 Å². The van der Waals surface area contributed by atoms with Crippen LogP contribution in [0.25, 0.3) is 0 Å². The number of aliphatic hydroxyl groups is 1. The Morgan fingerprint density at radius 3 is 2.68 bits per heavy atom. The van der Waals surface area contributed by atoms with Crippen LogP contribution in [-0.4, -0.2) is 39.7 Å². The van der Waals surface area contributed by atoms with Crippen LogP contribution < -0.4 is 0 Å². The SMILES string of the molecule is O=C1[C@@H](O)C[C@@H]2C[C@H](c3c(O)ccc(Cl)c3Cl)CN12. The predicted octanol–water partition coefficient (Wildman–Crippen LogP) is 2.15. The van der Waals surface area contributed by atoms with Crippen molar-refractivity contribution in [2.45, 2.75) is 30.9 Å². The van der Waals surface area contributed by atoms with Gasteiger partial charge in [-0.15, -0.1) is 0 Å². The molecule has 2 aliphatic rings. The Kier molecular flexibility index (Phi) is 3.12. The monoisotopic (exact) mass is 301 g/mol. The van der Waals surface area contributed by atoms with Crippen molar-refractivity contribution in [2.24, 2.45) is 0 Å². The first-order valence-electron chi connectivity index (χ1n) is 6.14. The predicted molar refractivity (Wildman–Crippen MR) is 71.6 cm³/mol. The molecule has 2 saturated heterocycles. The molecule has 102 valence electrons. The molecule has 2 aliphatic heterocycles. The largest absolute Gasteiger partial charge is 0.508 e. The lowest BCUT2D eigenvalue weighted by Gasteiger charge is -2.17. The van der Waals surface area contributed by atoms with Crippen LogP contribution in [0.2, 0.25) is 10.0 Å². The Morgan fingerprint density at radius 2 is 2.00 bits per heavy atom. The van der Waals surface area contributed by atoms with Gasteiger partial charge in [0.25, 0.3) is 5.91 Å². The van der Waals surface area contributed by atoms with Gasteiger partial charge in [0.1, 0.15) is 11.9 Å². The topological polar surface area (TPSA) is 60.8 Å². The number of phenolic OH excluding ortho intramolecular Hbond substituents is 1. The number of benzene rings is 1. The van der Waals surface area contributed by atoms with Gasteiger partial charge < -0.3 is 15.1 Å². The molecular weight excluding hydrogens is 289 g/mol. The number of carbonyl (C=O) groups is 1. The number of nitrogens with zero attached hydrogens (tertiary/aromatic N) is 1. The van der Waals surface area contributed by atoms with E-state index in [9.17, 15) is 15.0 Å². The summed E-state index contributed by atoms with van der Waals surface area (Å²) in [7, 11) is 0. The number of hydrogen-bond donors (Lipinski definition) is 2. The number of amides is 1. The fraction of sp³-hybridized carbons (Fsp3) is 0.462. The van der Waals surface area contributed by atoms with E-state index in [-0.39, 0.29) is 23.6 Å². The van der Waals surface area contributed by atoms with Crippen LogP contribution >= 0.6 is 23.2 Å². The highest BCUT2D eigenvalue weighted by Crippen LogP contribution is 2.45. The highest BCUT2D eigenvalue weighted by atomic mass is 35.5. The molecule has 1 amide bonds. The minimum atomic E-state index is -0.880. The van der Waals surface area contributed by atoms with E-state index < -0.39 is 6.10 Å². The maximum absolute atomic E-state index is 11.8. The summed E-state index contributed by atoms with van der Waals surface area (Å²) >= 11 is 12.1. The molecule has 1 aromatic carbocycles. The summed E-state index contributed by atoms with van der Waals surface area (Å²) < 4.78 is 0. The number of rotatable bonds is 1. The standard InChI is InChI=1S/C13H13Cl2NO3/c14-8-1-2-9(17)11(12(8)15)6-3-7-4-10(18)13(19)16(7)5-6/h1-2,6-7,10,17-18H,3-5H2/t6-,7-,10-/m0/s1. The minimum absolute atomic E-state index is 0.0296. The average molecular weight is 302 g/mol. The molecular formula is C13H13Cl2NO3. The fourth-order valence-corrected chi connectivity index (χ4v) is 3.59. The fourth-order valence-electron chi connectivity index (χ4n) is 3.11. The van der Waals surface area contributed by atoms with Crippen LogP contribution in [0.5, 0.6) is 5.75 Å². The third kappa shape index (κ3) is 1.98. The Bertz CT molecular complexity index is 549. The van der Waals surface area contributed by atoms with Gasteiger partial charge in [-0.05, 0) is 18.6 Å². The van der Waals surface area contributed by atoms with Crippen molar-refractivity contribution in [2.75, 3.05) is 6.54 Å². The summed E-state index contributed by atoms with van der Waals surface area (Å²) in [6.45, 7) is 0.466. The van der Waals surface area contributed by atoms with Crippen LogP contribution in [-0.2, 0) is 4.79 Å². The zero-order valence-corrected chi connectivity index (χ0v) is 11.5. The minimum Gasteiger partial charge on any atom is -0.508 e. The van der Waals surface area contributed by atoms with E-state index in [4.69, 9.17) is 23.2 Å². The van der Waals surface area contributed by atoms with E-state index in [1.807, 2.05) is 0 Å². The molecule has 2 heterocycles. The maximum atomic E-state index is 11.8. The van der Waals surface area contributed by atoms with Crippen LogP contribution in [0.15, 0.2) is 12.1 Å². The third-order valence-corrected chi connectivity index (χ3v) is 4.81. The summed E-state index contributed by atoms with van der Waals surface area (Å²) in [5, 5.41) is 20.2. The summed E-state index contributed by atoms with van der Waals surface area (Å²) in [5.74, 6) is -0.161. The Hall–Kier alpha value is -0.970. The maximum Gasteiger partial charge on any atom is 0.251 e. The molecule has 0 bridgehead atoms. The molecule has 0 aromatic heterocycles. The highest BCUT2D eigenvalue weighted by Gasteiger charge is 2.45. The van der Waals surface area contributed by atoms with Crippen molar-refractivity contribution < 1.29 is 15.0 Å². The van der Waals surface area contributed by atoms with Gasteiger partial charge in [-0.25, -0.2) is 0 Å². The second-order valence-electron chi connectivity index (χ2n) is 5.12. The molecule has 4 nitrogen and oxygen atoms in total. The van der Waals surface area contributed by atoms with Crippen molar-refractivity contribution in [3.05, 3.63) is 27.7 Å². The van der Waals surface area contributed by atoms with E-state index in [2.05, 4.69) is 0 Å². The number of hydrogen-bond acceptors (Lipinski definition) is 3. The molecule has 3 atom stereocenters. The lowest BCUT2D eigenvalue weighted by molar-refractivity contribution is -0.134. The first-order valence-corrected chi connectivity index (χ1v) is 6.90. The van der Waals surface area contributed by atoms with Crippen LogP contribution in [0.4, 0.5) is 0 Å². The Balaban J connectivity index is 1.91. The molecule has 0 spiro atoms. The first kappa shape index (κ1) is 13.0. The smallest absolute Gasteiger partial charge is 0.251 e. The van der Waals surface area contributed by atoms with Crippen LogP contribution in [0, 0.1) is 0 Å². The molecule has 1 aromatic rings. The summed E-state index contributed by atoms with van der Waals surface area (Å²) in [6, 6.07) is 3.10. The van der Waals surface area contributed by atoms with Gasteiger partial charge in [0.05, 0.1) is 10.0 Å². The van der Waals surface area contributed by atoms with Gasteiger partial charge in [-0.2, -0.15) is 0 Å². The summed E-state index contributed by atoms with van der Waals surface area (Å²) in [5.41, 5.74) is 0.603. The average Bonchev–Trinajstić information content (AvgIpc) is 2.86. The third-order valence-electron chi connectivity index (χ3n) is 4.00. The number of phenols is 1. The second kappa shape index (κ2) is 4.54. The lowest BCUT2D eigenvalue weighted by atomic mass is 9.94. The molecule has 0 radical (unpaired) electrons. The molecule has 2 N–H and O–H groups in total. The number of fused-ring (bicyclic) bond motifs is 1. The van der Waals surface area contributed by atoms with E-state index in [1.165, 1.54) is 6.07 Å². The van der Waals surface area contributed by atoms with E-state index in [0.29, 0.717) is 35.0 Å². The number of aromatic hydroxyl groups is 1. The number of aliphatic hydroxyl groups excluding tert-OH is 1. The number of carbonyl (C=O) groups excluding carboxylic acids is 1. The van der Waals surface area contributed by atoms with Gasteiger partial charge in [0.2, 0.25) is 0 Å². The van der Waals surface area contributed by atoms with Crippen LogP contribution in [0.1, 0.15) is 24.3 Å². The van der Waals surface area contributed by atoms with E-state index in [1.54, 1.807) is 11.0 Å². The Morgan fingerprint density at radius 1 is 1.26 bits per heavy atom. The molecule has 0 saturated carbocycles. The second-order valence-corrected chi connectivity index (χ2v) is 5.91. The highest BCUT2D eigenvalue weighted by molar-refractivity contribution is 6.42. The Labute approximate surface area is 120 Å². The molecule has 3 rings (SSSR count). The van der Waals surface area contributed by atoms with E-state index >= 15 is 0 Å². The van der Waals surface area contributed by atoms with Gasteiger partial charge >= 0.3 is 0 Å². The molecule has 2 fully saturated rings. The zero-order chi connectivity index (χ0) is 13.7. The quantitative estimate of drug-likeness (QED) is 0.835. The lowest BCUT2D eigenvalue weighted by Crippen LogP contribution is -2.30. The van der Waals surface area contributed by atoms with Gasteiger partial charge in [0.15, 0.2) is 0 Å². The normalized spacial score (nSPS) is 29.9. The van der Waals surface area contributed by atoms with Crippen molar-refractivity contribution >= 4 is 29.1 Å². The molecule has 6 heteroatoms.